The molecule has 0 fully saturated rings. The van der Waals surface area contributed by atoms with Gasteiger partial charge < -0.3 is 26.2 Å². The summed E-state index contributed by atoms with van der Waals surface area (Å²) in [6, 6.07) is 11.8. The zero-order valence-corrected chi connectivity index (χ0v) is 18.6. The van der Waals surface area contributed by atoms with E-state index in [1.54, 1.807) is 41.4 Å². The third-order valence-electron chi connectivity index (χ3n) is 4.85. The number of likely N-dealkylation sites (N-methyl/N-ethyl adjacent to an activating group) is 1. The maximum atomic E-state index is 13.3. The van der Waals surface area contributed by atoms with Gasteiger partial charge in [-0.15, -0.1) is 0 Å². The summed E-state index contributed by atoms with van der Waals surface area (Å²) in [6.45, 7) is 6.59. The van der Waals surface area contributed by atoms with Gasteiger partial charge in [0, 0.05) is 25.0 Å². The maximum absolute atomic E-state index is 13.3. The van der Waals surface area contributed by atoms with E-state index < -0.39 is 0 Å². The standard InChI is InChI=1S/C23H31N7O2/c1-4-30(23(32)20-13-16(2)5-10-22(20)28-27-12-11-24)17(3)14-29(26)15-21(25)18-6-8-19(31)9-7-18/h5-13,15,17,24,28,31H,4,14,25-26H2,1-3H3/b21-15-,24-11?,27-12-. The second kappa shape index (κ2) is 11.5. The van der Waals surface area contributed by atoms with Crippen molar-refractivity contribution >= 4 is 29.7 Å². The zero-order chi connectivity index (χ0) is 23.7. The molecule has 170 valence electrons. The van der Waals surface area contributed by atoms with Crippen LogP contribution in [0.1, 0.15) is 35.3 Å². The van der Waals surface area contributed by atoms with Crippen LogP contribution in [0.3, 0.4) is 0 Å². The fourth-order valence-corrected chi connectivity index (χ4v) is 3.25. The molecule has 7 N–H and O–H groups in total. The van der Waals surface area contributed by atoms with Gasteiger partial charge in [-0.25, -0.2) is 5.84 Å². The van der Waals surface area contributed by atoms with Crippen LogP contribution in [0.5, 0.6) is 5.75 Å². The Morgan fingerprint density at radius 1 is 1.28 bits per heavy atom. The van der Waals surface area contributed by atoms with Crippen molar-refractivity contribution < 1.29 is 9.90 Å². The number of nitrogens with zero attached hydrogens (tertiary/aromatic N) is 3. The molecule has 2 aromatic carbocycles. The van der Waals surface area contributed by atoms with Crippen LogP contribution in [0.15, 0.2) is 53.8 Å². The van der Waals surface area contributed by atoms with E-state index in [-0.39, 0.29) is 17.7 Å². The van der Waals surface area contributed by atoms with Gasteiger partial charge in [0.25, 0.3) is 5.91 Å². The average molecular weight is 438 g/mol. The van der Waals surface area contributed by atoms with Crippen molar-refractivity contribution in [1.82, 2.24) is 9.91 Å². The number of amides is 1. The summed E-state index contributed by atoms with van der Waals surface area (Å²) >= 11 is 0. The lowest BCUT2D eigenvalue weighted by Gasteiger charge is -2.31. The first-order valence-corrected chi connectivity index (χ1v) is 10.2. The molecule has 9 heteroatoms. The molecule has 1 unspecified atom stereocenters. The molecule has 0 saturated carbocycles. The van der Waals surface area contributed by atoms with Gasteiger partial charge in [0.1, 0.15) is 5.75 Å². The van der Waals surface area contributed by atoms with Crippen molar-refractivity contribution in [2.45, 2.75) is 26.8 Å². The number of hydrazone groups is 1. The Morgan fingerprint density at radius 3 is 2.59 bits per heavy atom. The summed E-state index contributed by atoms with van der Waals surface area (Å²) in [5, 5.41) is 21.8. The maximum Gasteiger partial charge on any atom is 0.256 e. The van der Waals surface area contributed by atoms with Gasteiger partial charge in [-0.05, 0) is 62.7 Å². The summed E-state index contributed by atoms with van der Waals surface area (Å²) in [6.07, 6.45) is 3.95. The molecule has 0 aromatic heterocycles. The number of hydrogen-bond donors (Lipinski definition) is 5. The first-order valence-electron chi connectivity index (χ1n) is 10.2. The molecule has 32 heavy (non-hydrogen) atoms. The Hall–Kier alpha value is -3.85. The predicted molar refractivity (Wildman–Crippen MR) is 129 cm³/mol. The number of aryl methyl sites for hydroxylation is 1. The Kier molecular flexibility index (Phi) is 8.79. The number of hydrazine groups is 1. The second-order valence-corrected chi connectivity index (χ2v) is 7.37. The summed E-state index contributed by atoms with van der Waals surface area (Å²) in [7, 11) is 0. The van der Waals surface area contributed by atoms with Crippen LogP contribution < -0.4 is 17.0 Å². The van der Waals surface area contributed by atoms with Gasteiger partial charge >= 0.3 is 0 Å². The fraction of sp³-hybridized carbons (Fsp3) is 0.261. The Bertz CT molecular complexity index is 986. The number of aromatic hydroxyl groups is 1. The van der Waals surface area contributed by atoms with Crippen LogP contribution in [0.2, 0.25) is 0 Å². The van der Waals surface area contributed by atoms with Crippen LogP contribution in [-0.4, -0.2) is 52.5 Å². The van der Waals surface area contributed by atoms with E-state index in [9.17, 15) is 9.90 Å². The summed E-state index contributed by atoms with van der Waals surface area (Å²) < 4.78 is 0. The average Bonchev–Trinajstić information content (AvgIpc) is 2.75. The van der Waals surface area contributed by atoms with E-state index in [0.29, 0.717) is 30.0 Å². The first-order chi connectivity index (χ1) is 15.3. The number of anilines is 1. The van der Waals surface area contributed by atoms with Gasteiger partial charge in [-0.2, -0.15) is 5.10 Å². The number of benzene rings is 2. The molecule has 2 rings (SSSR count). The van der Waals surface area contributed by atoms with E-state index in [0.717, 1.165) is 17.3 Å². The molecular formula is C23H31N7O2. The van der Waals surface area contributed by atoms with Gasteiger partial charge in [-0.3, -0.25) is 10.2 Å². The van der Waals surface area contributed by atoms with Crippen molar-refractivity contribution in [3.8, 4) is 5.75 Å². The Balaban J connectivity index is 2.17. The zero-order valence-electron chi connectivity index (χ0n) is 18.6. The summed E-state index contributed by atoms with van der Waals surface area (Å²) in [5.74, 6) is 6.15. The highest BCUT2D eigenvalue weighted by molar-refractivity contribution is 6.14. The number of nitrogens with one attached hydrogen (secondary N) is 2. The number of carbonyl (C=O) groups is 1. The monoisotopic (exact) mass is 437 g/mol. The molecule has 0 aliphatic rings. The molecule has 1 amide bonds. The highest BCUT2D eigenvalue weighted by atomic mass is 16.3. The van der Waals surface area contributed by atoms with E-state index in [1.165, 1.54) is 11.2 Å². The third-order valence-corrected chi connectivity index (χ3v) is 4.85. The van der Waals surface area contributed by atoms with Gasteiger partial charge in [0.05, 0.1) is 29.7 Å². The van der Waals surface area contributed by atoms with Gasteiger partial charge in [-0.1, -0.05) is 11.6 Å². The highest BCUT2D eigenvalue weighted by Gasteiger charge is 2.23. The fourth-order valence-electron chi connectivity index (χ4n) is 3.25. The lowest BCUT2D eigenvalue weighted by atomic mass is 10.1. The number of rotatable bonds is 10. The number of phenolic OH excluding ortho intramolecular Hbond substituents is 1. The number of hydrogen-bond acceptors (Lipinski definition) is 8. The van der Waals surface area contributed by atoms with Gasteiger partial charge in [0.2, 0.25) is 0 Å². The highest BCUT2D eigenvalue weighted by Crippen LogP contribution is 2.21. The van der Waals surface area contributed by atoms with E-state index >= 15 is 0 Å². The van der Waals surface area contributed by atoms with Crippen LogP contribution in [0.25, 0.3) is 5.70 Å². The van der Waals surface area contributed by atoms with E-state index in [2.05, 4.69) is 10.5 Å². The molecule has 1 atom stereocenters. The topological polar surface area (TPSA) is 144 Å². The molecule has 0 aliphatic heterocycles. The first kappa shape index (κ1) is 24.4. The minimum absolute atomic E-state index is 0.153. The number of phenols is 1. The van der Waals surface area contributed by atoms with Crippen LogP contribution in [0.4, 0.5) is 5.69 Å². The predicted octanol–water partition coefficient (Wildman–Crippen LogP) is 2.73. The molecule has 9 nitrogen and oxygen atoms in total. The number of nitrogens with two attached hydrogens (primary N) is 2. The normalized spacial score (nSPS) is 12.4. The lowest BCUT2D eigenvalue weighted by Crippen LogP contribution is -2.46. The minimum atomic E-state index is -0.209. The molecule has 0 bridgehead atoms. The number of carbonyl (C=O) groups excluding carboxylic acids is 1. The Morgan fingerprint density at radius 2 is 1.97 bits per heavy atom. The Labute approximate surface area is 188 Å². The molecule has 0 saturated heterocycles. The summed E-state index contributed by atoms with van der Waals surface area (Å²) in [4.78, 5) is 15.1. The smallest absolute Gasteiger partial charge is 0.256 e. The largest absolute Gasteiger partial charge is 0.508 e. The molecular weight excluding hydrogens is 406 g/mol. The van der Waals surface area contributed by atoms with Crippen molar-refractivity contribution in [2.24, 2.45) is 16.7 Å². The summed E-state index contributed by atoms with van der Waals surface area (Å²) in [5.41, 5.74) is 12.1. The molecule has 0 aliphatic carbocycles. The quantitative estimate of drug-likeness (QED) is 0.220. The third kappa shape index (κ3) is 6.58. The van der Waals surface area contributed by atoms with Crippen molar-refractivity contribution in [1.29, 1.82) is 5.41 Å². The molecule has 2 aromatic rings. The van der Waals surface area contributed by atoms with Crippen molar-refractivity contribution in [2.75, 3.05) is 18.5 Å². The van der Waals surface area contributed by atoms with Crippen molar-refractivity contribution in [3.05, 3.63) is 65.4 Å². The van der Waals surface area contributed by atoms with Gasteiger partial charge in [0.15, 0.2) is 0 Å². The van der Waals surface area contributed by atoms with Crippen LogP contribution in [0, 0.1) is 12.3 Å². The van der Waals surface area contributed by atoms with Crippen LogP contribution >= 0.6 is 0 Å². The SMILES string of the molecule is CCN(C(=O)c1cc(C)ccc1N/N=C\C=N)C(C)CN(N)/C=C(\N)c1ccc(O)cc1. The molecule has 0 heterocycles. The van der Waals surface area contributed by atoms with Crippen molar-refractivity contribution in [3.63, 3.8) is 0 Å². The van der Waals surface area contributed by atoms with E-state index in [1.807, 2.05) is 32.9 Å². The minimum Gasteiger partial charge on any atom is -0.508 e. The lowest BCUT2D eigenvalue weighted by molar-refractivity contribution is 0.0678. The molecule has 0 spiro atoms. The van der Waals surface area contributed by atoms with Crippen LogP contribution in [-0.2, 0) is 0 Å². The second-order valence-electron chi connectivity index (χ2n) is 7.37. The van der Waals surface area contributed by atoms with E-state index in [4.69, 9.17) is 17.0 Å². The molecule has 0 radical (unpaired) electrons.